The maximum Gasteiger partial charge on any atom is 0.0399 e. The van der Waals surface area contributed by atoms with E-state index < -0.39 is 0 Å². The molecule has 1 rings (SSSR count). The highest BCUT2D eigenvalue weighted by Crippen LogP contribution is 2.21. The molecule has 0 aliphatic carbocycles. The topological polar surface area (TPSA) is 3.24 Å². The Morgan fingerprint density at radius 2 is 2.15 bits per heavy atom. The molecule has 0 N–H and O–H groups in total. The lowest BCUT2D eigenvalue weighted by molar-refractivity contribution is 0.972. The molecule has 1 aromatic carbocycles. The lowest BCUT2D eigenvalue weighted by atomic mass is 10.2. The quantitative estimate of drug-likeness (QED) is 0.755. The first-order chi connectivity index (χ1) is 6.15. The second kappa shape index (κ2) is 4.87. The Hall–Kier alpha value is -0.210. The zero-order chi connectivity index (χ0) is 9.84. The van der Waals surface area contributed by atoms with Crippen molar-refractivity contribution in [3.05, 3.63) is 28.2 Å². The normalized spacial score (nSPS) is 10.2. The van der Waals surface area contributed by atoms with Crippen molar-refractivity contribution in [2.75, 3.05) is 24.4 Å². The van der Waals surface area contributed by atoms with Crippen LogP contribution in [0.5, 0.6) is 0 Å². The third kappa shape index (κ3) is 2.89. The Bertz CT molecular complexity index is 288. The molecule has 0 unspecified atom stereocenters. The molecule has 0 atom stereocenters. The van der Waals surface area contributed by atoms with Crippen LogP contribution >= 0.6 is 27.5 Å². The van der Waals surface area contributed by atoms with Gasteiger partial charge in [-0.15, -0.1) is 11.6 Å². The Morgan fingerprint density at radius 1 is 1.46 bits per heavy atom. The van der Waals surface area contributed by atoms with E-state index in [0.29, 0.717) is 5.88 Å². The van der Waals surface area contributed by atoms with Crippen LogP contribution in [-0.2, 0) is 0 Å². The average Bonchev–Trinajstić information content (AvgIpc) is 2.10. The van der Waals surface area contributed by atoms with Gasteiger partial charge in [-0.3, -0.25) is 0 Å². The third-order valence-corrected chi connectivity index (χ3v) is 3.06. The van der Waals surface area contributed by atoms with Crippen molar-refractivity contribution < 1.29 is 0 Å². The van der Waals surface area contributed by atoms with Gasteiger partial charge in [-0.05, 0) is 30.7 Å². The average molecular weight is 263 g/mol. The molecule has 1 nitrogen and oxygen atoms in total. The number of aryl methyl sites for hydroxylation is 1. The lowest BCUT2D eigenvalue weighted by Crippen LogP contribution is -2.19. The summed E-state index contributed by atoms with van der Waals surface area (Å²) in [5.41, 5.74) is 2.46. The minimum absolute atomic E-state index is 0.658. The second-order valence-corrected chi connectivity index (χ2v) is 4.28. The Balaban J connectivity index is 2.84. The number of benzene rings is 1. The van der Waals surface area contributed by atoms with E-state index >= 15 is 0 Å². The van der Waals surface area contributed by atoms with E-state index in [1.807, 2.05) is 7.05 Å². The number of nitrogens with zero attached hydrogens (tertiary/aromatic N) is 1. The highest BCUT2D eigenvalue weighted by atomic mass is 79.9. The van der Waals surface area contributed by atoms with Gasteiger partial charge in [0.1, 0.15) is 0 Å². The van der Waals surface area contributed by atoms with Crippen LogP contribution < -0.4 is 4.90 Å². The van der Waals surface area contributed by atoms with E-state index in [0.717, 1.165) is 11.0 Å². The molecule has 3 heteroatoms. The molecule has 0 saturated carbocycles. The van der Waals surface area contributed by atoms with Crippen molar-refractivity contribution in [2.45, 2.75) is 6.92 Å². The van der Waals surface area contributed by atoms with E-state index in [-0.39, 0.29) is 0 Å². The Kier molecular flexibility index (Phi) is 4.07. The van der Waals surface area contributed by atoms with Gasteiger partial charge < -0.3 is 4.90 Å². The smallest absolute Gasteiger partial charge is 0.0399 e. The molecule has 0 fully saturated rings. The number of hydrogen-bond acceptors (Lipinski definition) is 1. The van der Waals surface area contributed by atoms with Gasteiger partial charge in [0.25, 0.3) is 0 Å². The fourth-order valence-electron chi connectivity index (χ4n) is 1.12. The van der Waals surface area contributed by atoms with Gasteiger partial charge in [-0.25, -0.2) is 0 Å². The van der Waals surface area contributed by atoms with Crippen LogP contribution in [0, 0.1) is 6.92 Å². The molecule has 0 radical (unpaired) electrons. The highest BCUT2D eigenvalue weighted by molar-refractivity contribution is 9.10. The van der Waals surface area contributed by atoms with E-state index in [1.54, 1.807) is 0 Å². The summed E-state index contributed by atoms with van der Waals surface area (Å²) in [5, 5.41) is 0. The van der Waals surface area contributed by atoms with Gasteiger partial charge in [-0.2, -0.15) is 0 Å². The van der Waals surface area contributed by atoms with Crippen LogP contribution in [0.3, 0.4) is 0 Å². The van der Waals surface area contributed by atoms with Crippen LogP contribution in [-0.4, -0.2) is 19.5 Å². The predicted molar refractivity (Wildman–Crippen MR) is 62.9 cm³/mol. The summed E-state index contributed by atoms with van der Waals surface area (Å²) in [6.07, 6.45) is 0. The number of alkyl halides is 1. The molecule has 0 aliphatic heterocycles. The van der Waals surface area contributed by atoms with Gasteiger partial charge in [-0.1, -0.05) is 15.9 Å². The zero-order valence-corrected chi connectivity index (χ0v) is 10.2. The van der Waals surface area contributed by atoms with Gasteiger partial charge in [0.05, 0.1) is 0 Å². The van der Waals surface area contributed by atoms with Crippen molar-refractivity contribution in [1.82, 2.24) is 0 Å². The molecular formula is C10H13BrClN. The molecule has 0 heterocycles. The van der Waals surface area contributed by atoms with Gasteiger partial charge in [0.2, 0.25) is 0 Å². The van der Waals surface area contributed by atoms with Gasteiger partial charge in [0, 0.05) is 29.6 Å². The molecular weight excluding hydrogens is 249 g/mol. The number of anilines is 1. The summed E-state index contributed by atoms with van der Waals surface area (Å²) in [5.74, 6) is 0.658. The van der Waals surface area contributed by atoms with Crippen molar-refractivity contribution >= 4 is 33.2 Å². The molecule has 1 aromatic rings. The number of rotatable bonds is 3. The number of halogens is 2. The van der Waals surface area contributed by atoms with E-state index in [1.165, 1.54) is 11.3 Å². The molecule has 0 aromatic heterocycles. The summed E-state index contributed by atoms with van der Waals surface area (Å²) < 4.78 is 1.15. The maximum absolute atomic E-state index is 5.67. The summed E-state index contributed by atoms with van der Waals surface area (Å²) in [7, 11) is 2.05. The van der Waals surface area contributed by atoms with E-state index in [4.69, 9.17) is 11.6 Å². The third-order valence-electron chi connectivity index (χ3n) is 2.00. The van der Waals surface area contributed by atoms with E-state index in [2.05, 4.69) is 46.0 Å². The first-order valence-corrected chi connectivity index (χ1v) is 5.51. The summed E-state index contributed by atoms with van der Waals surface area (Å²) in [4.78, 5) is 2.15. The predicted octanol–water partition coefficient (Wildman–Crippen LogP) is 3.43. The first-order valence-electron chi connectivity index (χ1n) is 4.18. The molecule has 72 valence electrons. The first kappa shape index (κ1) is 10.9. The van der Waals surface area contributed by atoms with Crippen LogP contribution in [0.2, 0.25) is 0 Å². The summed E-state index contributed by atoms with van der Waals surface area (Å²) in [6, 6.07) is 6.30. The van der Waals surface area contributed by atoms with Gasteiger partial charge in [0.15, 0.2) is 0 Å². The molecule has 0 bridgehead atoms. The summed E-state index contributed by atoms with van der Waals surface area (Å²) in [6.45, 7) is 2.96. The lowest BCUT2D eigenvalue weighted by Gasteiger charge is -2.18. The molecule has 0 aliphatic rings. The van der Waals surface area contributed by atoms with E-state index in [9.17, 15) is 0 Å². The monoisotopic (exact) mass is 261 g/mol. The summed E-state index contributed by atoms with van der Waals surface area (Å²) >= 11 is 9.14. The van der Waals surface area contributed by atoms with Crippen LogP contribution in [0.1, 0.15) is 5.56 Å². The van der Waals surface area contributed by atoms with Crippen molar-refractivity contribution in [2.24, 2.45) is 0 Å². The fraction of sp³-hybridized carbons (Fsp3) is 0.400. The minimum Gasteiger partial charge on any atom is -0.373 e. The van der Waals surface area contributed by atoms with Crippen molar-refractivity contribution in [3.63, 3.8) is 0 Å². The Morgan fingerprint density at radius 3 is 2.69 bits per heavy atom. The largest absolute Gasteiger partial charge is 0.373 e. The number of hydrogen-bond donors (Lipinski definition) is 0. The SMILES string of the molecule is Cc1cc(N(C)CCCl)ccc1Br. The molecule has 0 saturated heterocycles. The van der Waals surface area contributed by atoms with Crippen LogP contribution in [0.25, 0.3) is 0 Å². The minimum atomic E-state index is 0.658. The van der Waals surface area contributed by atoms with Crippen LogP contribution in [0.15, 0.2) is 22.7 Å². The van der Waals surface area contributed by atoms with Crippen LogP contribution in [0.4, 0.5) is 5.69 Å². The molecule has 0 amide bonds. The van der Waals surface area contributed by atoms with Crippen molar-refractivity contribution in [1.29, 1.82) is 0 Å². The molecule has 13 heavy (non-hydrogen) atoms. The zero-order valence-electron chi connectivity index (χ0n) is 7.85. The maximum atomic E-state index is 5.67. The molecule has 0 spiro atoms. The highest BCUT2D eigenvalue weighted by Gasteiger charge is 2.01. The Labute approximate surface area is 92.8 Å². The second-order valence-electron chi connectivity index (χ2n) is 3.04. The van der Waals surface area contributed by atoms with Crippen molar-refractivity contribution in [3.8, 4) is 0 Å². The fourth-order valence-corrected chi connectivity index (χ4v) is 1.62. The standard InChI is InChI=1S/C10H13BrClN/c1-8-7-9(3-4-10(8)11)13(2)6-5-12/h3-4,7H,5-6H2,1-2H3. The van der Waals surface area contributed by atoms with Gasteiger partial charge >= 0.3 is 0 Å².